The minimum Gasteiger partial charge on any atom is -0.494 e. The molecule has 3 aromatic heterocycles. The summed E-state index contributed by atoms with van der Waals surface area (Å²) in [5.41, 5.74) is 2.81. The number of methoxy groups -OCH3 is 1. The van der Waals surface area contributed by atoms with Crippen LogP contribution >= 0.6 is 0 Å². The van der Waals surface area contributed by atoms with Gasteiger partial charge in [-0.25, -0.2) is 4.98 Å². The minimum absolute atomic E-state index is 0.0728. The molecule has 0 spiro atoms. The van der Waals surface area contributed by atoms with Gasteiger partial charge in [0.25, 0.3) is 5.56 Å². The lowest BCUT2D eigenvalue weighted by molar-refractivity contribution is 0.369. The Kier molecular flexibility index (Phi) is 4.94. The van der Waals surface area contributed by atoms with E-state index in [2.05, 4.69) is 32.4 Å². The first-order valence-corrected chi connectivity index (χ1v) is 10.0. The van der Waals surface area contributed by atoms with E-state index >= 15 is 0 Å². The van der Waals surface area contributed by atoms with Crippen LogP contribution in [0.5, 0.6) is 5.75 Å². The molecule has 0 aliphatic rings. The van der Waals surface area contributed by atoms with E-state index in [4.69, 9.17) is 9.26 Å². The summed E-state index contributed by atoms with van der Waals surface area (Å²) < 4.78 is 13.6. The van der Waals surface area contributed by atoms with Gasteiger partial charge in [0, 0.05) is 5.56 Å². The molecule has 0 aliphatic carbocycles. The second kappa shape index (κ2) is 8.06. The Labute approximate surface area is 182 Å². The fraction of sp³-hybridized carbons (Fsp3) is 0.182. The van der Waals surface area contributed by atoms with Crippen molar-refractivity contribution >= 4 is 11.2 Å². The highest BCUT2D eigenvalue weighted by molar-refractivity contribution is 5.71. The first-order chi connectivity index (χ1) is 15.7. The molecule has 160 valence electrons. The van der Waals surface area contributed by atoms with Gasteiger partial charge in [-0.1, -0.05) is 53.7 Å². The van der Waals surface area contributed by atoms with Crippen LogP contribution in [0.15, 0.2) is 64.2 Å². The predicted molar refractivity (Wildman–Crippen MR) is 116 cm³/mol. The van der Waals surface area contributed by atoms with E-state index in [0.29, 0.717) is 28.8 Å². The molecule has 2 aromatic carbocycles. The molecule has 0 bridgehead atoms. The lowest BCUT2D eigenvalue weighted by Gasteiger charge is -2.07. The Balaban J connectivity index is 1.45. The number of aromatic nitrogens is 7. The van der Waals surface area contributed by atoms with Crippen molar-refractivity contribution in [2.24, 2.45) is 0 Å². The third-order valence-electron chi connectivity index (χ3n) is 5.14. The van der Waals surface area contributed by atoms with Gasteiger partial charge in [-0.2, -0.15) is 9.67 Å². The maximum absolute atomic E-state index is 13.0. The Morgan fingerprint density at radius 1 is 1.09 bits per heavy atom. The van der Waals surface area contributed by atoms with E-state index in [-0.39, 0.29) is 17.6 Å². The van der Waals surface area contributed by atoms with Gasteiger partial charge >= 0.3 is 0 Å². The summed E-state index contributed by atoms with van der Waals surface area (Å²) >= 11 is 0. The van der Waals surface area contributed by atoms with Gasteiger partial charge in [0.1, 0.15) is 24.3 Å². The highest BCUT2D eigenvalue weighted by Crippen LogP contribution is 2.23. The number of rotatable bonds is 6. The standard InChI is InChI=1S/C22H19N7O3/c1-3-14-8-10-15(11-9-14)20-24-18(32-26-20)12-28-13-23-21-19(22(28)30)25-27-29(21)16-6-4-5-7-17(16)31-2/h4-11,13H,3,12H2,1-2H3. The number of para-hydroxylation sites is 2. The molecule has 0 amide bonds. The van der Waals surface area contributed by atoms with Crippen LogP contribution in [0.3, 0.4) is 0 Å². The van der Waals surface area contributed by atoms with Crippen molar-refractivity contribution in [3.63, 3.8) is 0 Å². The summed E-state index contributed by atoms with van der Waals surface area (Å²) in [6.45, 7) is 2.17. The highest BCUT2D eigenvalue weighted by Gasteiger charge is 2.17. The van der Waals surface area contributed by atoms with Gasteiger partial charge in [-0.15, -0.1) is 5.10 Å². The van der Waals surface area contributed by atoms with Crippen molar-refractivity contribution in [3.05, 3.63) is 76.7 Å². The molecule has 5 aromatic rings. The number of hydrogen-bond acceptors (Lipinski definition) is 8. The summed E-state index contributed by atoms with van der Waals surface area (Å²) in [6.07, 6.45) is 2.37. The van der Waals surface area contributed by atoms with Crippen LogP contribution in [0.1, 0.15) is 18.4 Å². The van der Waals surface area contributed by atoms with Gasteiger partial charge in [-0.05, 0) is 24.1 Å². The summed E-state index contributed by atoms with van der Waals surface area (Å²) in [7, 11) is 1.56. The van der Waals surface area contributed by atoms with E-state index in [0.717, 1.165) is 12.0 Å². The maximum Gasteiger partial charge on any atom is 0.284 e. The first-order valence-electron chi connectivity index (χ1n) is 10.0. The van der Waals surface area contributed by atoms with Crippen LogP contribution in [0, 0.1) is 0 Å². The zero-order chi connectivity index (χ0) is 22.1. The molecule has 0 N–H and O–H groups in total. The average Bonchev–Trinajstić information content (AvgIpc) is 3.48. The lowest BCUT2D eigenvalue weighted by atomic mass is 10.1. The second-order valence-corrected chi connectivity index (χ2v) is 7.09. The molecule has 0 aliphatic heterocycles. The van der Waals surface area contributed by atoms with E-state index in [1.54, 1.807) is 13.2 Å². The molecule has 0 radical (unpaired) electrons. The van der Waals surface area contributed by atoms with Crippen LogP contribution in [0.2, 0.25) is 0 Å². The van der Waals surface area contributed by atoms with Crippen molar-refractivity contribution in [1.82, 2.24) is 34.7 Å². The first kappa shape index (κ1) is 19.6. The van der Waals surface area contributed by atoms with Crippen molar-refractivity contribution in [3.8, 4) is 22.8 Å². The van der Waals surface area contributed by atoms with Gasteiger partial charge in [0.05, 0.1) is 7.11 Å². The molecule has 0 unspecified atom stereocenters. The van der Waals surface area contributed by atoms with E-state index in [9.17, 15) is 4.79 Å². The summed E-state index contributed by atoms with van der Waals surface area (Å²) in [5, 5.41) is 12.2. The quantitative estimate of drug-likeness (QED) is 0.405. The fourth-order valence-electron chi connectivity index (χ4n) is 3.40. The normalized spacial score (nSPS) is 11.2. The molecule has 10 nitrogen and oxygen atoms in total. The van der Waals surface area contributed by atoms with Gasteiger partial charge in [-0.3, -0.25) is 9.36 Å². The van der Waals surface area contributed by atoms with Crippen LogP contribution in [-0.4, -0.2) is 41.8 Å². The van der Waals surface area contributed by atoms with Crippen LogP contribution in [0.4, 0.5) is 0 Å². The van der Waals surface area contributed by atoms with Crippen LogP contribution in [-0.2, 0) is 13.0 Å². The summed E-state index contributed by atoms with van der Waals surface area (Å²) in [4.78, 5) is 21.8. The molecule has 0 saturated heterocycles. The lowest BCUT2D eigenvalue weighted by Crippen LogP contribution is -2.21. The number of nitrogens with zero attached hydrogens (tertiary/aromatic N) is 7. The zero-order valence-corrected chi connectivity index (χ0v) is 17.5. The van der Waals surface area contributed by atoms with Crippen molar-refractivity contribution in [2.45, 2.75) is 19.9 Å². The highest BCUT2D eigenvalue weighted by atomic mass is 16.5. The average molecular weight is 429 g/mol. The molecular formula is C22H19N7O3. The maximum atomic E-state index is 13.0. The fourth-order valence-corrected chi connectivity index (χ4v) is 3.40. The van der Waals surface area contributed by atoms with E-state index in [1.807, 2.05) is 42.5 Å². The Morgan fingerprint density at radius 3 is 2.69 bits per heavy atom. The smallest absolute Gasteiger partial charge is 0.284 e. The van der Waals surface area contributed by atoms with Gasteiger partial charge < -0.3 is 9.26 Å². The van der Waals surface area contributed by atoms with E-state index in [1.165, 1.54) is 21.1 Å². The number of hydrogen-bond donors (Lipinski definition) is 0. The number of fused-ring (bicyclic) bond motifs is 1. The van der Waals surface area contributed by atoms with Crippen LogP contribution in [0.25, 0.3) is 28.2 Å². The molecule has 0 fully saturated rings. The monoisotopic (exact) mass is 429 g/mol. The third kappa shape index (κ3) is 3.41. The van der Waals surface area contributed by atoms with Crippen molar-refractivity contribution in [2.75, 3.05) is 7.11 Å². The Hall–Kier alpha value is -4.34. The molecule has 0 saturated carbocycles. The Bertz CT molecular complexity index is 1450. The van der Waals surface area contributed by atoms with Gasteiger partial charge in [0.15, 0.2) is 11.2 Å². The number of aryl methyl sites for hydroxylation is 1. The SMILES string of the molecule is CCc1ccc(-c2noc(Cn3cnc4c(nnn4-c4ccccc4OC)c3=O)n2)cc1. The van der Waals surface area contributed by atoms with Gasteiger partial charge in [0.2, 0.25) is 11.7 Å². The van der Waals surface area contributed by atoms with Crippen LogP contribution < -0.4 is 10.3 Å². The number of ether oxygens (including phenoxy) is 1. The van der Waals surface area contributed by atoms with Crippen molar-refractivity contribution < 1.29 is 9.26 Å². The third-order valence-corrected chi connectivity index (χ3v) is 5.14. The molecular weight excluding hydrogens is 410 g/mol. The molecule has 10 heteroatoms. The zero-order valence-electron chi connectivity index (χ0n) is 17.5. The Morgan fingerprint density at radius 2 is 1.91 bits per heavy atom. The predicted octanol–water partition coefficient (Wildman–Crippen LogP) is 2.65. The second-order valence-electron chi connectivity index (χ2n) is 7.09. The topological polar surface area (TPSA) is 114 Å². The minimum atomic E-state index is -0.358. The molecule has 3 heterocycles. The van der Waals surface area contributed by atoms with E-state index < -0.39 is 0 Å². The molecule has 5 rings (SSSR count). The largest absolute Gasteiger partial charge is 0.494 e. The summed E-state index contributed by atoms with van der Waals surface area (Å²) in [6, 6.07) is 15.2. The molecule has 0 atom stereocenters. The molecule has 32 heavy (non-hydrogen) atoms. The summed E-state index contributed by atoms with van der Waals surface area (Å²) in [5.74, 6) is 1.35. The number of benzene rings is 2. The van der Waals surface area contributed by atoms with Crippen molar-refractivity contribution in [1.29, 1.82) is 0 Å².